The maximum Gasteiger partial charge on any atom is 0.0237 e. The summed E-state index contributed by atoms with van der Waals surface area (Å²) >= 11 is 0. The van der Waals surface area contributed by atoms with Crippen LogP contribution >= 0.6 is 0 Å². The largest absolute Gasteiger partial charge is 0.208 e. The molecule has 1 nitrogen and oxygen atoms in total. The Morgan fingerprint density at radius 1 is 1.20 bits per heavy atom. The Kier molecular flexibility index (Phi) is 5.29. The van der Waals surface area contributed by atoms with Gasteiger partial charge in [-0.2, -0.15) is 17.7 Å². The average molecular weight is 205 g/mol. The first-order valence-corrected chi connectivity index (χ1v) is 2.71. The summed E-state index contributed by atoms with van der Waals surface area (Å²) < 4.78 is 0. The van der Waals surface area contributed by atoms with E-state index in [9.17, 15) is 0 Å². The van der Waals surface area contributed by atoms with Gasteiger partial charge in [-0.1, -0.05) is 12.5 Å². The van der Waals surface area contributed by atoms with Gasteiger partial charge in [-0.25, -0.2) is 5.26 Å². The van der Waals surface area contributed by atoms with Gasteiger partial charge in [-0.3, -0.25) is 0 Å². The van der Waals surface area contributed by atoms with Gasteiger partial charge in [0.05, 0.1) is 0 Å². The quantitative estimate of drug-likeness (QED) is 0.641. The summed E-state index contributed by atoms with van der Waals surface area (Å²) in [7, 11) is 0. The van der Waals surface area contributed by atoms with Gasteiger partial charge in [0.25, 0.3) is 0 Å². The predicted octanol–water partition coefficient (Wildman–Crippen LogP) is 1.76. The van der Waals surface area contributed by atoms with Crippen LogP contribution < -0.4 is 0 Å². The second kappa shape index (κ2) is 5.47. The molecule has 47 valence electrons. The molecule has 1 rings (SSSR count). The third kappa shape index (κ3) is 3.01. The van der Waals surface area contributed by atoms with Crippen molar-refractivity contribution in [3.05, 3.63) is 42.3 Å². The Balaban J connectivity index is 0.000000810. The van der Waals surface area contributed by atoms with Gasteiger partial charge in [-0.05, 0) is 0 Å². The van der Waals surface area contributed by atoms with Gasteiger partial charge in [-0.15, -0.1) is 12.1 Å². The van der Waals surface area contributed by atoms with Crippen molar-refractivity contribution in [2.75, 3.05) is 0 Å². The van der Waals surface area contributed by atoms with E-state index in [2.05, 4.69) is 0 Å². The first kappa shape index (κ1) is 9.68. The normalized spacial score (nSPS) is 7.10. The Labute approximate surface area is 85.9 Å². The van der Waals surface area contributed by atoms with Crippen LogP contribution in [0.4, 0.5) is 0 Å². The Bertz CT molecular complexity index is 212. The number of hydrogen-bond donors (Lipinski definition) is 0. The summed E-state index contributed by atoms with van der Waals surface area (Å²) in [4.78, 5) is 0. The number of hydrogen-bond acceptors (Lipinski definition) is 1. The third-order valence-electron chi connectivity index (χ3n) is 1.03. The molecular formula is C8H6NY-. The van der Waals surface area contributed by atoms with Crippen LogP contribution in [0.2, 0.25) is 0 Å². The molecule has 0 fully saturated rings. The first-order chi connectivity index (χ1) is 4.43. The summed E-state index contributed by atoms with van der Waals surface area (Å²) in [6.45, 7) is 0. The van der Waals surface area contributed by atoms with Crippen molar-refractivity contribution in [1.82, 2.24) is 0 Å². The molecular weight excluding hydrogens is 199 g/mol. The van der Waals surface area contributed by atoms with Gasteiger partial charge < -0.3 is 0 Å². The van der Waals surface area contributed by atoms with E-state index in [1.165, 1.54) is 6.42 Å². The molecule has 1 radical (unpaired) electrons. The molecule has 2 heteroatoms. The van der Waals surface area contributed by atoms with E-state index in [-0.39, 0.29) is 32.7 Å². The molecule has 1 aromatic rings. The second-order valence-corrected chi connectivity index (χ2v) is 1.68. The van der Waals surface area contributed by atoms with Crippen LogP contribution in [0, 0.1) is 17.8 Å². The van der Waals surface area contributed by atoms with Crippen molar-refractivity contribution >= 4 is 0 Å². The van der Waals surface area contributed by atoms with Crippen LogP contribution in [0.3, 0.4) is 0 Å². The molecule has 0 N–H and O–H groups in total. The van der Waals surface area contributed by atoms with Crippen molar-refractivity contribution in [3.8, 4) is 6.07 Å². The molecule has 0 atom stereocenters. The molecule has 0 unspecified atom stereocenters. The number of rotatable bonds is 1. The van der Waals surface area contributed by atoms with Crippen molar-refractivity contribution < 1.29 is 32.7 Å². The summed E-state index contributed by atoms with van der Waals surface area (Å²) in [6, 6.07) is 11.5. The number of nitrogens with zero attached hydrogens (tertiary/aromatic N) is 1. The van der Waals surface area contributed by atoms with Crippen molar-refractivity contribution in [3.63, 3.8) is 0 Å². The third-order valence-corrected chi connectivity index (χ3v) is 1.03. The molecule has 0 aromatic heterocycles. The predicted molar refractivity (Wildman–Crippen MR) is 35.5 cm³/mol. The molecule has 0 saturated heterocycles. The minimum Gasteiger partial charge on any atom is -0.208 e. The Morgan fingerprint density at radius 2 is 1.80 bits per heavy atom. The van der Waals surface area contributed by atoms with Crippen molar-refractivity contribution in [2.24, 2.45) is 0 Å². The van der Waals surface area contributed by atoms with Gasteiger partial charge in [0.1, 0.15) is 0 Å². The number of benzene rings is 1. The first-order valence-electron chi connectivity index (χ1n) is 2.71. The van der Waals surface area contributed by atoms with E-state index < -0.39 is 0 Å². The zero-order valence-electron chi connectivity index (χ0n) is 5.49. The standard InChI is InChI=1S/C8H6N.Y/c9-7-6-8-4-2-1-3-5-8;/h1-6H;/q-1;. The van der Waals surface area contributed by atoms with Gasteiger partial charge in [0, 0.05) is 38.8 Å². The molecule has 1 aromatic carbocycles. The maximum absolute atomic E-state index is 8.21. The fourth-order valence-electron chi connectivity index (χ4n) is 0.624. The molecule has 0 amide bonds. The molecule has 0 saturated carbocycles. The zero-order valence-corrected chi connectivity index (χ0v) is 8.33. The van der Waals surface area contributed by atoms with Gasteiger partial charge in [0.2, 0.25) is 0 Å². The van der Waals surface area contributed by atoms with E-state index in [0.29, 0.717) is 0 Å². The fourth-order valence-corrected chi connectivity index (χ4v) is 0.624. The van der Waals surface area contributed by atoms with Crippen LogP contribution in [0.15, 0.2) is 30.3 Å². The van der Waals surface area contributed by atoms with E-state index >= 15 is 0 Å². The molecule has 0 aliphatic carbocycles. The van der Waals surface area contributed by atoms with Crippen LogP contribution in [0.1, 0.15) is 5.56 Å². The van der Waals surface area contributed by atoms with Crippen LogP contribution in [-0.2, 0) is 32.7 Å². The monoisotopic (exact) mass is 205 g/mol. The smallest absolute Gasteiger partial charge is 0.0237 e. The van der Waals surface area contributed by atoms with Crippen molar-refractivity contribution in [2.45, 2.75) is 0 Å². The Hall–Kier alpha value is -0.316. The Morgan fingerprint density at radius 3 is 2.30 bits per heavy atom. The maximum atomic E-state index is 8.21. The fraction of sp³-hybridized carbons (Fsp3) is 0. The van der Waals surface area contributed by atoms with Crippen molar-refractivity contribution in [1.29, 1.82) is 5.26 Å². The second-order valence-electron chi connectivity index (χ2n) is 1.68. The molecule has 0 aliphatic heterocycles. The molecule has 10 heavy (non-hydrogen) atoms. The SMILES string of the molecule is N#C[CH-]c1ccccc1.[Y]. The molecule has 0 spiro atoms. The zero-order chi connectivity index (χ0) is 6.53. The molecule has 0 heterocycles. The topological polar surface area (TPSA) is 23.8 Å². The van der Waals surface area contributed by atoms with E-state index in [4.69, 9.17) is 5.26 Å². The van der Waals surface area contributed by atoms with Crippen LogP contribution in [0.5, 0.6) is 0 Å². The van der Waals surface area contributed by atoms with Crippen LogP contribution in [-0.4, -0.2) is 0 Å². The van der Waals surface area contributed by atoms with E-state index in [1.807, 2.05) is 36.4 Å². The molecule has 0 bridgehead atoms. The minimum absolute atomic E-state index is 0. The number of nitriles is 1. The van der Waals surface area contributed by atoms with Gasteiger partial charge >= 0.3 is 0 Å². The summed E-state index contributed by atoms with van der Waals surface area (Å²) in [5, 5.41) is 8.21. The average Bonchev–Trinajstić information content (AvgIpc) is 1.91. The summed E-state index contributed by atoms with van der Waals surface area (Å²) in [5.41, 5.74) is 0.958. The molecule has 0 aliphatic rings. The van der Waals surface area contributed by atoms with E-state index in [0.717, 1.165) is 5.56 Å². The van der Waals surface area contributed by atoms with Crippen LogP contribution in [0.25, 0.3) is 0 Å². The minimum atomic E-state index is 0. The van der Waals surface area contributed by atoms with E-state index in [1.54, 1.807) is 0 Å². The summed E-state index contributed by atoms with van der Waals surface area (Å²) in [6.07, 6.45) is 1.51. The van der Waals surface area contributed by atoms with Gasteiger partial charge in [0.15, 0.2) is 0 Å². The summed E-state index contributed by atoms with van der Waals surface area (Å²) in [5.74, 6) is 0.